The summed E-state index contributed by atoms with van der Waals surface area (Å²) in [7, 11) is 3.86. The number of carbonyl (C=O) groups excluding carboxylic acids is 4. The van der Waals surface area contributed by atoms with Crippen molar-refractivity contribution in [2.45, 2.75) is 43.4 Å². The molecule has 4 amide bonds. The maximum Gasteiger partial charge on any atom is 0.268 e. The monoisotopic (exact) mass is 1250 g/mol. The number of aromatic amines is 1. The third-order valence-electron chi connectivity index (χ3n) is 15.5. The van der Waals surface area contributed by atoms with Crippen LogP contribution in [0.5, 0.6) is 0 Å². The van der Waals surface area contributed by atoms with E-state index in [1.54, 1.807) is 122 Å². The fourth-order valence-electron chi connectivity index (χ4n) is 11.1. The van der Waals surface area contributed by atoms with Crippen LogP contribution in [-0.4, -0.2) is 148 Å². The molecular weight excluding hydrogens is 1180 g/mol. The van der Waals surface area contributed by atoms with E-state index in [1.165, 1.54) is 16.1 Å². The summed E-state index contributed by atoms with van der Waals surface area (Å²) in [6, 6.07) is 37.6. The first-order valence-electron chi connectivity index (χ1n) is 29.5. The zero-order valence-electron chi connectivity index (χ0n) is 50.0. The minimum atomic E-state index is -3.88. The summed E-state index contributed by atoms with van der Waals surface area (Å²) in [6.07, 6.45) is 18.2. The van der Waals surface area contributed by atoms with Gasteiger partial charge in [0.25, 0.3) is 21.8 Å². The van der Waals surface area contributed by atoms with Crippen molar-refractivity contribution < 1.29 is 27.6 Å². The number of piperidine rings is 2. The molecule has 0 unspecified atom stereocenters. The summed E-state index contributed by atoms with van der Waals surface area (Å²) in [5, 5.41) is 8.24. The van der Waals surface area contributed by atoms with E-state index in [-0.39, 0.29) is 40.4 Å². The number of amides is 4. The number of likely N-dealkylation sites (tertiary alicyclic amines) is 2. The maximum atomic E-state index is 13.7. The van der Waals surface area contributed by atoms with Crippen LogP contribution in [0.25, 0.3) is 44.3 Å². The lowest BCUT2D eigenvalue weighted by Crippen LogP contribution is -2.40. The summed E-state index contributed by atoms with van der Waals surface area (Å²) >= 11 is 13.2. The molecule has 3 N–H and O–H groups in total. The van der Waals surface area contributed by atoms with Gasteiger partial charge in [-0.05, 0) is 139 Å². The average molecular weight is 1250 g/mol. The fraction of sp³-hybridized carbons (Fsp3) is 0.265. The molecule has 2 fully saturated rings. The SMILES string of the molecule is CN(C)C/C=C/C(=O)Nc1ccc(C(=O)N2CCC[C@@H](Cc3ncc(Cl)c(-c4c[nH]c5ccccc45)n3)C2)cc1.CN(C)C/C=C/C(=O)Nc1ccc(C(=O)N2CCC[C@@H](Cc3ncc(Cl)c(-c4cn(S(=O)(=O)c5ccccc5)c5ccccc45)n3)C2)cc1. The third-order valence-corrected chi connectivity index (χ3v) is 17.7. The Balaban J connectivity index is 0.000000200. The molecule has 21 heteroatoms. The molecule has 2 aliphatic rings. The van der Waals surface area contributed by atoms with Crippen molar-refractivity contribution in [2.75, 3.05) is 78.1 Å². The minimum absolute atomic E-state index is 0.00929. The zero-order valence-corrected chi connectivity index (χ0v) is 52.4. The number of nitrogens with zero attached hydrogens (tertiary/aromatic N) is 9. The second kappa shape index (κ2) is 29.0. The lowest BCUT2D eigenvalue weighted by Gasteiger charge is -2.32. The first-order chi connectivity index (χ1) is 43.0. The molecule has 2 saturated heterocycles. The topological polar surface area (TPSA) is 212 Å². The molecule has 6 heterocycles. The molecule has 11 rings (SSSR count). The van der Waals surface area contributed by atoms with Crippen molar-refractivity contribution in [3.8, 4) is 22.5 Å². The average Bonchev–Trinajstić information content (AvgIpc) is 1.66. The van der Waals surface area contributed by atoms with Crippen LogP contribution in [-0.2, 0) is 32.5 Å². The Labute approximate surface area is 528 Å². The van der Waals surface area contributed by atoms with E-state index in [1.807, 2.05) is 90.4 Å². The van der Waals surface area contributed by atoms with Gasteiger partial charge in [-0.15, -0.1) is 0 Å². The van der Waals surface area contributed by atoms with E-state index < -0.39 is 10.0 Å². The highest BCUT2D eigenvalue weighted by Gasteiger charge is 2.29. The molecule has 4 aromatic heterocycles. The van der Waals surface area contributed by atoms with Gasteiger partial charge in [0.05, 0.1) is 31.8 Å². The van der Waals surface area contributed by atoms with Gasteiger partial charge in [-0.3, -0.25) is 19.2 Å². The number of rotatable bonds is 18. The third kappa shape index (κ3) is 15.9. The van der Waals surface area contributed by atoms with E-state index in [9.17, 15) is 27.6 Å². The number of hydrogen-bond acceptors (Lipinski definition) is 12. The number of carbonyl (C=O) groups is 4. The number of aromatic nitrogens is 6. The number of halogens is 2. The molecule has 2 atom stereocenters. The molecular formula is C68H70Cl2N12O6S. The number of nitrogens with one attached hydrogen (secondary N) is 3. The summed E-state index contributed by atoms with van der Waals surface area (Å²) in [4.78, 5) is 80.9. The molecule has 18 nitrogen and oxygen atoms in total. The summed E-state index contributed by atoms with van der Waals surface area (Å²) in [5.41, 5.74) is 6.68. The smallest absolute Gasteiger partial charge is 0.268 e. The Morgan fingerprint density at radius 3 is 1.60 bits per heavy atom. The lowest BCUT2D eigenvalue weighted by molar-refractivity contribution is -0.112. The van der Waals surface area contributed by atoms with Gasteiger partial charge in [0.15, 0.2) is 0 Å². The van der Waals surface area contributed by atoms with Gasteiger partial charge in [0, 0.05) is 139 Å². The molecule has 89 heavy (non-hydrogen) atoms. The predicted octanol–water partition coefficient (Wildman–Crippen LogP) is 11.6. The number of hydrogen-bond donors (Lipinski definition) is 3. The van der Waals surface area contributed by atoms with Crippen LogP contribution < -0.4 is 10.6 Å². The molecule has 458 valence electrons. The quantitative estimate of drug-likeness (QED) is 0.0685. The molecule has 0 saturated carbocycles. The zero-order chi connectivity index (χ0) is 62.6. The van der Waals surface area contributed by atoms with Gasteiger partial charge in [-0.25, -0.2) is 32.3 Å². The molecule has 9 aromatic rings. The second-order valence-corrected chi connectivity index (χ2v) is 25.4. The lowest BCUT2D eigenvalue weighted by atomic mass is 9.94. The van der Waals surface area contributed by atoms with Crippen LogP contribution in [0.1, 0.15) is 58.0 Å². The van der Waals surface area contributed by atoms with Gasteiger partial charge in [-0.1, -0.05) is 90.0 Å². The van der Waals surface area contributed by atoms with Crippen molar-refractivity contribution in [1.29, 1.82) is 0 Å². The summed E-state index contributed by atoms with van der Waals surface area (Å²) < 4.78 is 28.6. The highest BCUT2D eigenvalue weighted by atomic mass is 35.5. The summed E-state index contributed by atoms with van der Waals surface area (Å²) in [6.45, 7) is 3.90. The van der Waals surface area contributed by atoms with Crippen LogP contribution in [0, 0.1) is 11.8 Å². The number of fused-ring (bicyclic) bond motifs is 2. The van der Waals surface area contributed by atoms with Crippen LogP contribution in [0.15, 0.2) is 181 Å². The van der Waals surface area contributed by atoms with Crippen LogP contribution in [0.3, 0.4) is 0 Å². The number of anilines is 2. The normalized spacial score (nSPS) is 15.5. The second-order valence-electron chi connectivity index (χ2n) is 22.8. The van der Waals surface area contributed by atoms with Crippen molar-refractivity contribution in [2.24, 2.45) is 11.8 Å². The fourth-order valence-corrected chi connectivity index (χ4v) is 12.9. The van der Waals surface area contributed by atoms with Gasteiger partial charge in [-0.2, -0.15) is 0 Å². The Hall–Kier alpha value is -8.85. The van der Waals surface area contributed by atoms with Gasteiger partial charge >= 0.3 is 0 Å². The highest BCUT2D eigenvalue weighted by molar-refractivity contribution is 7.90. The standard InChI is InChI=1S/C37H37ClN6O4S.C31H33ClN6O2/c1-42(2)20-9-15-35(45)40-28-18-16-27(17-19-28)37(46)43-21-8-10-26(24-43)22-34-39-23-32(38)36(41-34)31-25-44(33-14-7-6-13-30(31)33)49(47,48)29-11-4-3-5-12-29;1-37(2)15-6-10-29(39)35-23-13-11-22(12-14-23)31(40)38-16-5-7-21(20-38)17-28-34-19-26(32)30(36-28)25-18-33-27-9-4-3-8-24(25)27/h3-7,9,11-19,23,25-26H,8,10,20-22,24H2,1-2H3,(H,40,45);3-4,6,8-14,18-19,21,33H,5,7,15-17,20H2,1-2H3,(H,35,39)/b15-9+;10-6+/t26-;21-/m00/s1. The first kappa shape index (κ1) is 63.2. The van der Waals surface area contributed by atoms with Crippen LogP contribution >= 0.6 is 23.2 Å². The van der Waals surface area contributed by atoms with Crippen molar-refractivity contribution in [3.63, 3.8) is 0 Å². The molecule has 5 aromatic carbocycles. The van der Waals surface area contributed by atoms with E-state index >= 15 is 0 Å². The number of para-hydroxylation sites is 2. The Kier molecular flexibility index (Phi) is 20.6. The van der Waals surface area contributed by atoms with Crippen molar-refractivity contribution >= 4 is 90.0 Å². The van der Waals surface area contributed by atoms with Crippen molar-refractivity contribution in [3.05, 3.63) is 209 Å². The first-order valence-corrected chi connectivity index (χ1v) is 31.7. The Morgan fingerprint density at radius 1 is 0.607 bits per heavy atom. The van der Waals surface area contributed by atoms with Gasteiger partial charge in [0.1, 0.15) is 11.6 Å². The molecule has 0 bridgehead atoms. The Morgan fingerprint density at radius 2 is 1.08 bits per heavy atom. The molecule has 2 aliphatic heterocycles. The number of likely N-dealkylation sites (N-methyl/N-ethyl adjacent to an activating group) is 2. The maximum absolute atomic E-state index is 13.7. The van der Waals surface area contributed by atoms with E-state index in [4.69, 9.17) is 33.2 Å². The molecule has 0 spiro atoms. The Bertz CT molecular complexity index is 4170. The largest absolute Gasteiger partial charge is 0.360 e. The number of H-pyrrole nitrogens is 1. The van der Waals surface area contributed by atoms with Gasteiger partial charge < -0.3 is 35.2 Å². The van der Waals surface area contributed by atoms with E-state index in [0.29, 0.717) is 118 Å². The van der Waals surface area contributed by atoms with Crippen molar-refractivity contribution in [1.82, 2.24) is 48.5 Å². The molecule has 0 aliphatic carbocycles. The molecule has 0 radical (unpaired) electrons. The van der Waals surface area contributed by atoms with Crippen LogP contribution in [0.2, 0.25) is 10.0 Å². The van der Waals surface area contributed by atoms with E-state index in [2.05, 4.69) is 25.6 Å². The number of benzene rings is 5. The highest BCUT2D eigenvalue weighted by Crippen LogP contribution is 2.37. The van der Waals surface area contributed by atoms with E-state index in [0.717, 1.165) is 48.0 Å². The minimum Gasteiger partial charge on any atom is -0.360 e. The van der Waals surface area contributed by atoms with Crippen LogP contribution in [0.4, 0.5) is 11.4 Å². The summed E-state index contributed by atoms with van der Waals surface area (Å²) in [5.74, 6) is 1.17. The predicted molar refractivity (Wildman–Crippen MR) is 352 cm³/mol. The van der Waals surface area contributed by atoms with Gasteiger partial charge in [0.2, 0.25) is 11.8 Å².